The van der Waals surface area contributed by atoms with E-state index in [2.05, 4.69) is 5.32 Å². The first-order valence-corrected chi connectivity index (χ1v) is 9.28. The first-order chi connectivity index (χ1) is 13.1. The summed E-state index contributed by atoms with van der Waals surface area (Å²) >= 11 is 6.84. The third kappa shape index (κ3) is 3.27. The molecule has 0 saturated carbocycles. The minimum Gasteiger partial charge on any atom is -0.467 e. The van der Waals surface area contributed by atoms with Crippen molar-refractivity contribution in [3.63, 3.8) is 0 Å². The Hall–Kier alpha value is -2.56. The van der Waals surface area contributed by atoms with Crippen LogP contribution in [-0.2, 0) is 11.5 Å². The molecule has 5 heteroatoms. The molecular formula is C22H20ClFN2O. The van der Waals surface area contributed by atoms with Gasteiger partial charge in [0.25, 0.3) is 0 Å². The highest BCUT2D eigenvalue weighted by Crippen LogP contribution is 2.48. The second-order valence-electron chi connectivity index (χ2n) is 6.53. The van der Waals surface area contributed by atoms with Crippen LogP contribution in [0.3, 0.4) is 0 Å². The van der Waals surface area contributed by atoms with Crippen molar-refractivity contribution in [2.75, 3.05) is 18.4 Å². The van der Waals surface area contributed by atoms with Gasteiger partial charge in [-0.15, -0.1) is 0 Å². The summed E-state index contributed by atoms with van der Waals surface area (Å²) in [5.74, 6) is 0.386. The number of anilines is 1. The number of hydrogen-bond donors (Lipinski definition) is 2. The summed E-state index contributed by atoms with van der Waals surface area (Å²) < 4.78 is 20.9. The maximum absolute atomic E-state index is 14.8. The number of benzene rings is 3. The number of rotatable bonds is 5. The van der Waals surface area contributed by atoms with Crippen molar-refractivity contribution in [3.8, 4) is 16.9 Å². The molecule has 0 saturated heterocycles. The predicted molar refractivity (Wildman–Crippen MR) is 108 cm³/mol. The van der Waals surface area contributed by atoms with Gasteiger partial charge in [-0.05, 0) is 23.8 Å². The van der Waals surface area contributed by atoms with Crippen molar-refractivity contribution in [2.24, 2.45) is 5.73 Å². The zero-order valence-electron chi connectivity index (χ0n) is 14.7. The van der Waals surface area contributed by atoms with Crippen molar-refractivity contribution in [3.05, 3.63) is 83.7 Å². The molecule has 138 valence electrons. The van der Waals surface area contributed by atoms with E-state index in [-0.39, 0.29) is 5.82 Å². The van der Waals surface area contributed by atoms with E-state index >= 15 is 0 Å². The van der Waals surface area contributed by atoms with Crippen molar-refractivity contribution in [2.45, 2.75) is 11.5 Å². The standard InChI is InChI=1S/C22H20ClFN2O/c23-22(15-6-2-1-3-7-15)14-17-16(8-4-11-20(17)27-22)21-18(24)9-5-10-19(21)26-13-12-25/h1-11,26H,12-14,25H2/t22-/m0/s1. The molecule has 0 amide bonds. The fourth-order valence-electron chi connectivity index (χ4n) is 3.52. The van der Waals surface area contributed by atoms with Gasteiger partial charge in [-0.3, -0.25) is 0 Å². The Morgan fingerprint density at radius 2 is 1.81 bits per heavy atom. The molecule has 3 aromatic rings. The summed E-state index contributed by atoms with van der Waals surface area (Å²) in [4.78, 5) is 0. The van der Waals surface area contributed by atoms with E-state index in [9.17, 15) is 4.39 Å². The van der Waals surface area contributed by atoms with E-state index in [1.54, 1.807) is 6.07 Å². The largest absolute Gasteiger partial charge is 0.467 e. The van der Waals surface area contributed by atoms with E-state index in [1.807, 2.05) is 54.6 Å². The highest BCUT2D eigenvalue weighted by Gasteiger charge is 2.40. The summed E-state index contributed by atoms with van der Waals surface area (Å²) in [7, 11) is 0. The number of halogens is 2. The van der Waals surface area contributed by atoms with Gasteiger partial charge in [0.1, 0.15) is 11.6 Å². The molecule has 1 aliphatic rings. The number of nitrogens with two attached hydrogens (primary N) is 1. The average molecular weight is 383 g/mol. The lowest BCUT2D eigenvalue weighted by Crippen LogP contribution is -2.23. The Morgan fingerprint density at radius 1 is 1.04 bits per heavy atom. The van der Waals surface area contributed by atoms with Gasteiger partial charge in [-0.1, -0.05) is 60.1 Å². The van der Waals surface area contributed by atoms with Crippen LogP contribution < -0.4 is 15.8 Å². The molecule has 1 aliphatic heterocycles. The van der Waals surface area contributed by atoms with Crippen LogP contribution in [0.1, 0.15) is 11.1 Å². The smallest absolute Gasteiger partial charge is 0.212 e. The lowest BCUT2D eigenvalue weighted by Gasteiger charge is -2.21. The molecule has 0 fully saturated rings. The van der Waals surface area contributed by atoms with Crippen molar-refractivity contribution < 1.29 is 9.13 Å². The maximum Gasteiger partial charge on any atom is 0.212 e. The van der Waals surface area contributed by atoms with E-state index in [1.165, 1.54) is 6.07 Å². The van der Waals surface area contributed by atoms with Gasteiger partial charge in [-0.25, -0.2) is 4.39 Å². The van der Waals surface area contributed by atoms with Gasteiger partial charge < -0.3 is 15.8 Å². The minimum atomic E-state index is -0.990. The number of ether oxygens (including phenoxy) is 1. The number of nitrogens with one attached hydrogen (secondary N) is 1. The SMILES string of the molecule is NCCNc1cccc(F)c1-c1cccc2c1C[C@@](Cl)(c1ccccc1)O2. The van der Waals surface area contributed by atoms with Crippen molar-refractivity contribution in [1.82, 2.24) is 0 Å². The predicted octanol–water partition coefficient (Wildman–Crippen LogP) is 4.89. The van der Waals surface area contributed by atoms with E-state index in [4.69, 9.17) is 22.1 Å². The fraction of sp³-hybridized carbons (Fsp3) is 0.182. The maximum atomic E-state index is 14.8. The molecule has 0 radical (unpaired) electrons. The van der Waals surface area contributed by atoms with Crippen LogP contribution in [0.2, 0.25) is 0 Å². The van der Waals surface area contributed by atoms with E-state index < -0.39 is 5.06 Å². The topological polar surface area (TPSA) is 47.3 Å². The second-order valence-corrected chi connectivity index (χ2v) is 7.14. The van der Waals surface area contributed by atoms with Crippen LogP contribution in [0, 0.1) is 5.82 Å². The van der Waals surface area contributed by atoms with Gasteiger partial charge in [0.15, 0.2) is 0 Å². The Balaban J connectivity index is 1.79. The first kappa shape index (κ1) is 17.8. The molecule has 0 unspecified atom stereocenters. The van der Waals surface area contributed by atoms with Gasteiger partial charge in [0, 0.05) is 41.9 Å². The van der Waals surface area contributed by atoms with Crippen LogP contribution in [-0.4, -0.2) is 13.1 Å². The molecule has 3 nitrogen and oxygen atoms in total. The summed E-state index contributed by atoms with van der Waals surface area (Å²) in [5, 5.41) is 2.22. The minimum absolute atomic E-state index is 0.294. The zero-order chi connectivity index (χ0) is 18.9. The molecule has 27 heavy (non-hydrogen) atoms. The molecule has 1 atom stereocenters. The quantitative estimate of drug-likeness (QED) is 0.617. The van der Waals surface area contributed by atoms with E-state index in [0.717, 1.165) is 16.7 Å². The van der Waals surface area contributed by atoms with E-state index in [0.29, 0.717) is 36.5 Å². The van der Waals surface area contributed by atoms with Crippen LogP contribution in [0.25, 0.3) is 11.1 Å². The van der Waals surface area contributed by atoms with Crippen molar-refractivity contribution in [1.29, 1.82) is 0 Å². The van der Waals surface area contributed by atoms with Crippen LogP contribution in [0.4, 0.5) is 10.1 Å². The third-order valence-corrected chi connectivity index (χ3v) is 5.19. The molecule has 3 aromatic carbocycles. The molecule has 0 spiro atoms. The van der Waals surface area contributed by atoms with Gasteiger partial charge in [0.2, 0.25) is 5.06 Å². The Bertz CT molecular complexity index is 964. The molecule has 0 aliphatic carbocycles. The summed E-state index contributed by atoms with van der Waals surface area (Å²) in [6.45, 7) is 1.02. The van der Waals surface area contributed by atoms with Crippen LogP contribution in [0.15, 0.2) is 66.7 Å². The fourth-order valence-corrected chi connectivity index (χ4v) is 3.86. The summed E-state index contributed by atoms with van der Waals surface area (Å²) in [5.41, 5.74) is 9.38. The molecule has 0 aromatic heterocycles. The van der Waals surface area contributed by atoms with Gasteiger partial charge >= 0.3 is 0 Å². The molecular weight excluding hydrogens is 363 g/mol. The lowest BCUT2D eigenvalue weighted by atomic mass is 9.93. The summed E-state index contributed by atoms with van der Waals surface area (Å²) in [6.07, 6.45) is 0.453. The Kier molecular flexibility index (Phi) is 4.77. The lowest BCUT2D eigenvalue weighted by molar-refractivity contribution is 0.189. The molecule has 3 N–H and O–H groups in total. The normalized spacial score (nSPS) is 18.0. The molecule has 4 rings (SSSR count). The Morgan fingerprint density at radius 3 is 2.59 bits per heavy atom. The van der Waals surface area contributed by atoms with Gasteiger partial charge in [-0.2, -0.15) is 0 Å². The monoisotopic (exact) mass is 382 g/mol. The zero-order valence-corrected chi connectivity index (χ0v) is 15.5. The number of alkyl halides is 1. The third-order valence-electron chi connectivity index (χ3n) is 4.76. The average Bonchev–Trinajstić information content (AvgIpc) is 3.05. The molecule has 0 bridgehead atoms. The second kappa shape index (κ2) is 7.22. The highest BCUT2D eigenvalue weighted by molar-refractivity contribution is 6.23. The number of hydrogen-bond acceptors (Lipinski definition) is 3. The Labute approximate surface area is 162 Å². The number of fused-ring (bicyclic) bond motifs is 1. The van der Waals surface area contributed by atoms with Gasteiger partial charge in [0.05, 0.1) is 0 Å². The molecule has 1 heterocycles. The van der Waals surface area contributed by atoms with Crippen LogP contribution in [0.5, 0.6) is 5.75 Å². The first-order valence-electron chi connectivity index (χ1n) is 8.90. The van der Waals surface area contributed by atoms with Crippen molar-refractivity contribution >= 4 is 17.3 Å². The highest BCUT2D eigenvalue weighted by atomic mass is 35.5. The van der Waals surface area contributed by atoms with Crippen LogP contribution >= 0.6 is 11.6 Å². The summed E-state index contributed by atoms with van der Waals surface area (Å²) in [6, 6.07) is 20.3.